The predicted octanol–water partition coefficient (Wildman–Crippen LogP) is 8.19. The number of rotatable bonds is 8. The molecule has 3 atom stereocenters. The van der Waals surface area contributed by atoms with Crippen molar-refractivity contribution in [1.29, 1.82) is 0 Å². The minimum Gasteiger partial charge on any atom is -0.486 e. The fourth-order valence-corrected chi connectivity index (χ4v) is 7.59. The number of fused-ring (bicyclic) bond motifs is 2. The smallest absolute Gasteiger partial charge is 0.309 e. The minimum absolute atomic E-state index is 0.137. The first-order valence-corrected chi connectivity index (χ1v) is 15.0. The summed E-state index contributed by atoms with van der Waals surface area (Å²) >= 11 is 6.64. The monoisotopic (exact) mass is 577 g/mol. The van der Waals surface area contributed by atoms with E-state index >= 15 is 4.39 Å². The Morgan fingerprint density at radius 3 is 2.71 bits per heavy atom. The molecule has 0 N–H and O–H groups in total. The van der Waals surface area contributed by atoms with E-state index in [1.54, 1.807) is 26.3 Å². The van der Waals surface area contributed by atoms with Crippen LogP contribution in [0.15, 0.2) is 42.6 Å². The van der Waals surface area contributed by atoms with Crippen LogP contribution in [0.2, 0.25) is 5.02 Å². The summed E-state index contributed by atoms with van der Waals surface area (Å²) in [5, 5.41) is 0.571. The Hall–Kier alpha value is -3.12. The normalized spacial score (nSPS) is 23.9. The third kappa shape index (κ3) is 4.88. The van der Waals surface area contributed by atoms with Gasteiger partial charge >= 0.3 is 5.97 Å². The number of aromatic nitrogens is 1. The van der Waals surface area contributed by atoms with Crippen LogP contribution in [0, 0.1) is 17.2 Å². The van der Waals surface area contributed by atoms with Crippen LogP contribution in [-0.4, -0.2) is 24.7 Å². The number of esters is 1. The molecule has 216 valence electrons. The highest BCUT2D eigenvalue weighted by Gasteiger charge is 2.63. The van der Waals surface area contributed by atoms with Crippen molar-refractivity contribution >= 4 is 17.6 Å². The van der Waals surface area contributed by atoms with Crippen molar-refractivity contribution in [3.05, 3.63) is 75.7 Å². The van der Waals surface area contributed by atoms with Crippen LogP contribution in [0.4, 0.5) is 4.39 Å². The lowest BCUT2D eigenvalue weighted by Crippen LogP contribution is -2.17. The molecule has 5 nitrogen and oxygen atoms in total. The highest BCUT2D eigenvalue weighted by atomic mass is 35.5. The van der Waals surface area contributed by atoms with Gasteiger partial charge in [-0.1, -0.05) is 56.1 Å². The second-order valence-electron chi connectivity index (χ2n) is 12.4. The molecule has 0 saturated heterocycles. The molecule has 0 amide bonds. The highest BCUT2D eigenvalue weighted by Crippen LogP contribution is 2.63. The summed E-state index contributed by atoms with van der Waals surface area (Å²) in [6.45, 7) is 7.02. The Labute approximate surface area is 246 Å². The summed E-state index contributed by atoms with van der Waals surface area (Å²) in [5.41, 5.74) is 5.44. The van der Waals surface area contributed by atoms with Gasteiger partial charge in [-0.3, -0.25) is 4.79 Å². The van der Waals surface area contributed by atoms with Crippen molar-refractivity contribution in [3.63, 3.8) is 0 Å². The number of carbonyl (C=O) groups excluding carboxylic acids is 1. The van der Waals surface area contributed by atoms with Gasteiger partial charge < -0.3 is 14.2 Å². The van der Waals surface area contributed by atoms with Crippen molar-refractivity contribution in [2.24, 2.45) is 11.3 Å². The molecule has 3 aliphatic carbocycles. The molecule has 1 aromatic heterocycles. The molecule has 2 fully saturated rings. The zero-order chi connectivity index (χ0) is 28.9. The van der Waals surface area contributed by atoms with Gasteiger partial charge in [0.25, 0.3) is 0 Å². The van der Waals surface area contributed by atoms with E-state index in [0.717, 1.165) is 47.9 Å². The van der Waals surface area contributed by atoms with Crippen molar-refractivity contribution in [2.45, 2.75) is 77.2 Å². The Morgan fingerprint density at radius 2 is 1.98 bits per heavy atom. The first kappa shape index (κ1) is 28.0. The number of halogens is 2. The van der Waals surface area contributed by atoms with Gasteiger partial charge in [0.2, 0.25) is 5.88 Å². The molecule has 3 aliphatic rings. The Balaban J connectivity index is 1.30. The Morgan fingerprint density at radius 1 is 1.15 bits per heavy atom. The van der Waals surface area contributed by atoms with Gasteiger partial charge in [-0.25, -0.2) is 9.37 Å². The van der Waals surface area contributed by atoms with Crippen LogP contribution in [0.5, 0.6) is 11.6 Å². The number of ether oxygens (including phenoxy) is 3. The summed E-state index contributed by atoms with van der Waals surface area (Å²) in [5.74, 6) is 0.264. The molecule has 1 heterocycles. The average Bonchev–Trinajstić information content (AvgIpc) is 3.40. The Bertz CT molecular complexity index is 1500. The van der Waals surface area contributed by atoms with Gasteiger partial charge in [-0.15, -0.1) is 0 Å². The predicted molar refractivity (Wildman–Crippen MR) is 157 cm³/mol. The quantitative estimate of drug-likeness (QED) is 0.253. The maximum atomic E-state index is 16.0. The van der Waals surface area contributed by atoms with E-state index in [4.69, 9.17) is 25.8 Å². The van der Waals surface area contributed by atoms with Gasteiger partial charge in [0.15, 0.2) is 11.6 Å². The largest absolute Gasteiger partial charge is 0.486 e. The van der Waals surface area contributed by atoms with Gasteiger partial charge in [0.05, 0.1) is 30.9 Å². The highest BCUT2D eigenvalue weighted by molar-refractivity contribution is 6.33. The maximum Gasteiger partial charge on any atom is 0.309 e. The van der Waals surface area contributed by atoms with Gasteiger partial charge in [-0.2, -0.15) is 0 Å². The van der Waals surface area contributed by atoms with Crippen molar-refractivity contribution < 1.29 is 23.4 Å². The van der Waals surface area contributed by atoms with Crippen molar-refractivity contribution in [2.75, 3.05) is 13.7 Å². The first-order chi connectivity index (χ1) is 19.7. The topological polar surface area (TPSA) is 57.7 Å². The lowest BCUT2D eigenvalue weighted by molar-refractivity contribution is -0.145. The van der Waals surface area contributed by atoms with Crippen molar-refractivity contribution in [1.82, 2.24) is 4.98 Å². The molecule has 1 spiro atoms. The third-order valence-electron chi connectivity index (χ3n) is 9.65. The summed E-state index contributed by atoms with van der Waals surface area (Å²) in [7, 11) is 1.60. The van der Waals surface area contributed by atoms with E-state index in [1.807, 2.05) is 18.2 Å². The van der Waals surface area contributed by atoms with Gasteiger partial charge in [0, 0.05) is 22.6 Å². The molecule has 2 saturated carbocycles. The number of aryl methyl sites for hydroxylation is 1. The molecular weight excluding hydrogens is 541 g/mol. The van der Waals surface area contributed by atoms with E-state index in [0.29, 0.717) is 35.4 Å². The maximum absolute atomic E-state index is 16.0. The molecule has 0 radical (unpaired) electrons. The zero-order valence-electron chi connectivity index (χ0n) is 24.2. The lowest BCUT2D eigenvalue weighted by Gasteiger charge is -2.30. The van der Waals surface area contributed by atoms with Crippen LogP contribution in [-0.2, 0) is 28.0 Å². The Kier molecular flexibility index (Phi) is 7.25. The number of methoxy groups -OCH3 is 1. The second-order valence-corrected chi connectivity index (χ2v) is 12.8. The molecule has 7 heteroatoms. The van der Waals surface area contributed by atoms with Gasteiger partial charge in [-0.05, 0) is 78.7 Å². The number of nitrogens with zero attached hydrogens (tertiary/aromatic N) is 1. The number of benzene rings is 2. The fraction of sp³-hybridized carbons (Fsp3) is 0.471. The van der Waals surface area contributed by atoms with E-state index in [1.165, 1.54) is 12.0 Å². The standard InChI is InChI=1S/C34H37ClFNO4/c1-5-40-32(38)26-17-34(26)14-12-21-9-11-28(31(36)30(21)34)41-19-20-8-10-22(24-16-29(39-4)37-18-27(24)35)23(15-20)25-7-6-13-33(25,2)3/h8-11,15-16,18,25-26H,5-7,12-14,17,19H2,1-4H3/t25-,26-,34+/m0/s1. The number of carbonyl (C=O) groups is 1. The first-order valence-electron chi connectivity index (χ1n) is 14.6. The zero-order valence-corrected chi connectivity index (χ0v) is 24.9. The SMILES string of the molecule is CCOC(=O)[C@@H]1C[C@]12CCc1ccc(OCc3ccc(-c4cc(OC)ncc4Cl)c([C@@H]4CCCC4(C)C)c3)c(F)c12. The molecular formula is C34H37ClFNO4. The summed E-state index contributed by atoms with van der Waals surface area (Å²) < 4.78 is 32.7. The molecule has 0 bridgehead atoms. The molecule has 3 aromatic rings. The minimum atomic E-state index is -0.446. The second kappa shape index (κ2) is 10.6. The van der Waals surface area contributed by atoms with Crippen LogP contribution in [0.3, 0.4) is 0 Å². The molecule has 0 aliphatic heterocycles. The van der Waals surface area contributed by atoms with Crippen LogP contribution in [0.1, 0.15) is 81.0 Å². The average molecular weight is 578 g/mol. The fourth-order valence-electron chi connectivity index (χ4n) is 7.38. The van der Waals surface area contributed by atoms with E-state index in [2.05, 4.69) is 31.0 Å². The summed E-state index contributed by atoms with van der Waals surface area (Å²) in [4.78, 5) is 16.7. The third-order valence-corrected chi connectivity index (χ3v) is 9.95. The number of pyridine rings is 1. The van der Waals surface area contributed by atoms with Crippen LogP contribution >= 0.6 is 11.6 Å². The van der Waals surface area contributed by atoms with Crippen LogP contribution < -0.4 is 9.47 Å². The molecule has 6 rings (SSSR count). The van der Waals surface area contributed by atoms with E-state index < -0.39 is 5.41 Å². The van der Waals surface area contributed by atoms with Crippen molar-refractivity contribution in [3.8, 4) is 22.8 Å². The van der Waals surface area contributed by atoms with E-state index in [-0.39, 0.29) is 35.5 Å². The summed E-state index contributed by atoms with van der Waals surface area (Å²) in [6, 6.07) is 11.9. The van der Waals surface area contributed by atoms with E-state index in [9.17, 15) is 4.79 Å². The number of hydrogen-bond donors (Lipinski definition) is 0. The van der Waals surface area contributed by atoms with Gasteiger partial charge in [0.1, 0.15) is 6.61 Å². The lowest BCUT2D eigenvalue weighted by atomic mass is 9.75. The number of hydrogen-bond acceptors (Lipinski definition) is 5. The molecule has 0 unspecified atom stereocenters. The van der Waals surface area contributed by atoms with Crippen LogP contribution in [0.25, 0.3) is 11.1 Å². The molecule has 41 heavy (non-hydrogen) atoms. The molecule has 2 aromatic carbocycles. The summed E-state index contributed by atoms with van der Waals surface area (Å²) in [6.07, 6.45) is 7.23.